The highest BCUT2D eigenvalue weighted by molar-refractivity contribution is 5.89. The fourth-order valence-electron chi connectivity index (χ4n) is 3.89. The lowest BCUT2D eigenvalue weighted by Crippen LogP contribution is -2.28. The number of cyclic esters (lactones) is 1. The van der Waals surface area contributed by atoms with Crippen LogP contribution in [-0.4, -0.2) is 40.3 Å². The number of hydrogen-bond acceptors (Lipinski definition) is 6. The van der Waals surface area contributed by atoms with Gasteiger partial charge in [0.2, 0.25) is 0 Å². The highest BCUT2D eigenvalue weighted by Crippen LogP contribution is 2.37. The van der Waals surface area contributed by atoms with Crippen LogP contribution in [0.2, 0.25) is 0 Å². The molecule has 1 N–H and O–H groups in total. The predicted octanol–water partition coefficient (Wildman–Crippen LogP) is 3.22. The molecule has 1 aliphatic carbocycles. The van der Waals surface area contributed by atoms with Crippen molar-refractivity contribution in [3.63, 3.8) is 0 Å². The number of fused-ring (bicyclic) bond motifs is 1. The van der Waals surface area contributed by atoms with Crippen molar-refractivity contribution in [1.29, 1.82) is 0 Å². The summed E-state index contributed by atoms with van der Waals surface area (Å²) in [5.74, 6) is -0.935. The van der Waals surface area contributed by atoms with Gasteiger partial charge in [-0.3, -0.25) is 4.98 Å². The first-order valence-corrected chi connectivity index (χ1v) is 9.87. The molecule has 2 aliphatic rings. The predicted molar refractivity (Wildman–Crippen MR) is 103 cm³/mol. The molecule has 0 amide bonds. The molecule has 6 heteroatoms. The van der Waals surface area contributed by atoms with Crippen LogP contribution in [0, 0.1) is 11.8 Å². The maximum absolute atomic E-state index is 12.6. The van der Waals surface area contributed by atoms with Gasteiger partial charge < -0.3 is 14.6 Å². The molecule has 0 radical (unpaired) electrons. The largest absolute Gasteiger partial charge is 0.460 e. The fraction of sp³-hybridized carbons (Fsp3) is 0.500. The van der Waals surface area contributed by atoms with E-state index in [1.54, 1.807) is 18.2 Å². The molecule has 5 atom stereocenters. The van der Waals surface area contributed by atoms with Crippen LogP contribution in [0.15, 0.2) is 48.8 Å². The molecule has 1 saturated carbocycles. The minimum absolute atomic E-state index is 0.0871. The number of rotatable bonds is 2. The van der Waals surface area contributed by atoms with Gasteiger partial charge in [0.25, 0.3) is 0 Å². The Kier molecular flexibility index (Phi) is 6.98. The monoisotopic (exact) mass is 385 g/mol. The second-order valence-corrected chi connectivity index (χ2v) is 7.52. The fourth-order valence-corrected chi connectivity index (χ4v) is 3.89. The van der Waals surface area contributed by atoms with Crippen LogP contribution in [0.4, 0.5) is 0 Å². The van der Waals surface area contributed by atoms with Crippen LogP contribution < -0.4 is 0 Å². The van der Waals surface area contributed by atoms with Crippen molar-refractivity contribution in [1.82, 2.24) is 4.98 Å². The maximum Gasteiger partial charge on any atom is 0.338 e. The van der Waals surface area contributed by atoms with Crippen molar-refractivity contribution in [2.45, 2.75) is 57.3 Å². The van der Waals surface area contributed by atoms with E-state index in [0.717, 1.165) is 19.3 Å². The molecule has 6 nitrogen and oxygen atoms in total. The molecule has 1 aliphatic heterocycles. The summed E-state index contributed by atoms with van der Waals surface area (Å²) in [6.07, 6.45) is 12.7. The second kappa shape index (κ2) is 9.64. The lowest BCUT2D eigenvalue weighted by molar-refractivity contribution is -0.142. The summed E-state index contributed by atoms with van der Waals surface area (Å²) in [5, 5.41) is 10.2. The molecule has 28 heavy (non-hydrogen) atoms. The number of aliphatic hydroxyl groups is 1. The molecule has 0 spiro atoms. The normalized spacial score (nSPS) is 33.4. The number of carbonyl (C=O) groups excluding carboxylic acids is 2. The average molecular weight is 385 g/mol. The molecule has 0 saturated heterocycles. The number of ether oxygens (including phenoxy) is 2. The first-order valence-electron chi connectivity index (χ1n) is 9.87. The molecular weight excluding hydrogens is 358 g/mol. The van der Waals surface area contributed by atoms with E-state index < -0.39 is 24.1 Å². The molecule has 1 fully saturated rings. The van der Waals surface area contributed by atoms with Gasteiger partial charge in [-0.2, -0.15) is 0 Å². The van der Waals surface area contributed by atoms with E-state index in [-0.39, 0.29) is 17.9 Å². The minimum atomic E-state index is -0.629. The van der Waals surface area contributed by atoms with Crippen LogP contribution in [0.1, 0.15) is 49.4 Å². The zero-order valence-corrected chi connectivity index (χ0v) is 16.1. The Morgan fingerprint density at radius 2 is 2.04 bits per heavy atom. The van der Waals surface area contributed by atoms with Gasteiger partial charge in [0.1, 0.15) is 6.10 Å². The van der Waals surface area contributed by atoms with Crippen LogP contribution in [0.3, 0.4) is 0 Å². The van der Waals surface area contributed by atoms with Crippen LogP contribution in [0.25, 0.3) is 0 Å². The summed E-state index contributed by atoms with van der Waals surface area (Å²) < 4.78 is 11.1. The lowest BCUT2D eigenvalue weighted by Gasteiger charge is -2.24. The highest BCUT2D eigenvalue weighted by Gasteiger charge is 2.38. The van der Waals surface area contributed by atoms with Crippen molar-refractivity contribution >= 4 is 11.9 Å². The van der Waals surface area contributed by atoms with E-state index in [0.29, 0.717) is 18.4 Å². The van der Waals surface area contributed by atoms with Crippen molar-refractivity contribution in [3.05, 3.63) is 54.4 Å². The molecule has 1 aromatic rings. The third-order valence-corrected chi connectivity index (χ3v) is 5.32. The molecule has 1 aromatic heterocycles. The van der Waals surface area contributed by atoms with E-state index in [9.17, 15) is 14.7 Å². The minimum Gasteiger partial charge on any atom is -0.460 e. The standard InChI is InChI=1S/C22H27NO5/c1-15-5-3-2-4-6-17-13-18(24)14-19(17)20(7-8-21(25)27-15)28-22(26)16-9-11-23-12-10-16/h4,6-12,15,17-20,24H,2-3,5,13-14H2,1H3/b6-4+,8-7+/t15-,17+,18-,19+,20+/m0/s1. The van der Waals surface area contributed by atoms with Crippen LogP contribution in [0.5, 0.6) is 0 Å². The topological polar surface area (TPSA) is 85.7 Å². The zero-order valence-electron chi connectivity index (χ0n) is 16.1. The molecule has 2 heterocycles. The average Bonchev–Trinajstić information content (AvgIpc) is 3.05. The molecule has 0 bridgehead atoms. The number of carbonyl (C=O) groups is 2. The molecule has 3 rings (SSSR count). The first kappa shape index (κ1) is 20.3. The van der Waals surface area contributed by atoms with Crippen molar-refractivity contribution in [3.8, 4) is 0 Å². The summed E-state index contributed by atoms with van der Waals surface area (Å²) in [5.41, 5.74) is 0.396. The van der Waals surface area contributed by atoms with E-state index in [4.69, 9.17) is 9.47 Å². The van der Waals surface area contributed by atoms with Crippen molar-refractivity contribution in [2.24, 2.45) is 11.8 Å². The summed E-state index contributed by atoms with van der Waals surface area (Å²) in [4.78, 5) is 28.6. The number of nitrogens with zero attached hydrogens (tertiary/aromatic N) is 1. The van der Waals surface area contributed by atoms with Gasteiger partial charge in [-0.25, -0.2) is 9.59 Å². The van der Waals surface area contributed by atoms with Crippen LogP contribution >= 0.6 is 0 Å². The summed E-state index contributed by atoms with van der Waals surface area (Å²) in [7, 11) is 0. The Labute approximate surface area is 165 Å². The maximum atomic E-state index is 12.6. The van der Waals surface area contributed by atoms with Gasteiger partial charge in [-0.15, -0.1) is 0 Å². The Balaban J connectivity index is 1.84. The number of esters is 2. The second-order valence-electron chi connectivity index (χ2n) is 7.52. The Hall–Kier alpha value is -2.47. The summed E-state index contributed by atoms with van der Waals surface area (Å²) in [6.45, 7) is 1.88. The first-order chi connectivity index (χ1) is 13.5. The van der Waals surface area contributed by atoms with E-state index >= 15 is 0 Å². The Bertz CT molecular complexity index is 730. The van der Waals surface area contributed by atoms with Gasteiger partial charge in [-0.1, -0.05) is 12.2 Å². The summed E-state index contributed by atoms with van der Waals surface area (Å²) >= 11 is 0. The van der Waals surface area contributed by atoms with Crippen molar-refractivity contribution < 1.29 is 24.2 Å². The number of hydrogen-bond donors (Lipinski definition) is 1. The third kappa shape index (κ3) is 5.52. The Morgan fingerprint density at radius 3 is 2.82 bits per heavy atom. The molecule has 0 aromatic carbocycles. The van der Waals surface area contributed by atoms with Gasteiger partial charge in [0, 0.05) is 24.4 Å². The molecule has 0 unspecified atom stereocenters. The van der Waals surface area contributed by atoms with Gasteiger partial charge in [0.05, 0.1) is 17.8 Å². The molecular formula is C22H27NO5. The number of aliphatic hydroxyl groups excluding tert-OH is 1. The van der Waals surface area contributed by atoms with Gasteiger partial charge in [0.15, 0.2) is 0 Å². The SMILES string of the molecule is C[C@H]1CCC/C=C/[C@@H]2C[C@H](O)C[C@H]2[C@H](OC(=O)c2ccncc2)/C=C/C(=O)O1. The van der Waals surface area contributed by atoms with Crippen molar-refractivity contribution in [2.75, 3.05) is 0 Å². The number of aromatic nitrogens is 1. The van der Waals surface area contributed by atoms with Crippen LogP contribution in [-0.2, 0) is 14.3 Å². The number of pyridine rings is 1. The Morgan fingerprint density at radius 1 is 1.25 bits per heavy atom. The third-order valence-electron chi connectivity index (χ3n) is 5.32. The zero-order chi connectivity index (χ0) is 19.9. The lowest BCUT2D eigenvalue weighted by atomic mass is 9.89. The smallest absolute Gasteiger partial charge is 0.338 e. The highest BCUT2D eigenvalue weighted by atomic mass is 16.5. The number of allylic oxidation sites excluding steroid dienone is 2. The van der Waals surface area contributed by atoms with E-state index in [1.165, 1.54) is 18.5 Å². The van der Waals surface area contributed by atoms with Gasteiger partial charge in [-0.05, 0) is 63.2 Å². The van der Waals surface area contributed by atoms with E-state index in [2.05, 4.69) is 17.1 Å². The van der Waals surface area contributed by atoms with E-state index in [1.807, 2.05) is 6.92 Å². The summed E-state index contributed by atoms with van der Waals surface area (Å²) in [6, 6.07) is 3.17. The molecule has 150 valence electrons. The quantitative estimate of drug-likeness (QED) is 0.621. The van der Waals surface area contributed by atoms with Gasteiger partial charge >= 0.3 is 11.9 Å².